The lowest BCUT2D eigenvalue weighted by molar-refractivity contribution is -0.143. The maximum absolute atomic E-state index is 12.1. The zero-order valence-corrected chi connectivity index (χ0v) is 17.3. The molecule has 150 valence electrons. The van der Waals surface area contributed by atoms with Gasteiger partial charge in [0, 0.05) is 18.3 Å². The monoisotopic (exact) mass is 377 g/mol. The number of alkyl carbamates (subject to hydrolysis) is 1. The number of ketones is 1. The summed E-state index contributed by atoms with van der Waals surface area (Å²) in [6.07, 6.45) is -0.0509. The van der Waals surface area contributed by atoms with Gasteiger partial charge < -0.3 is 14.8 Å². The average molecular weight is 377 g/mol. The molecule has 27 heavy (non-hydrogen) atoms. The van der Waals surface area contributed by atoms with Gasteiger partial charge in [0.15, 0.2) is 0 Å². The van der Waals surface area contributed by atoms with Crippen molar-refractivity contribution in [3.8, 4) is 0 Å². The molecule has 0 bridgehead atoms. The number of rotatable bonds is 6. The molecule has 1 N–H and O–H groups in total. The fourth-order valence-electron chi connectivity index (χ4n) is 2.26. The molecule has 0 aromatic heterocycles. The lowest BCUT2D eigenvalue weighted by Crippen LogP contribution is -2.45. The molecule has 0 aliphatic rings. The SMILES string of the molecule is COC(=O)[C@H](Cc1ccc(CC(=O)C(C)(C)C)cc1)NC(=O)OC(C)(C)C. The molecule has 0 aliphatic heterocycles. The Morgan fingerprint density at radius 3 is 1.93 bits per heavy atom. The van der Waals surface area contributed by atoms with Crippen LogP contribution in [0.3, 0.4) is 0 Å². The van der Waals surface area contributed by atoms with Crippen LogP contribution in [0.1, 0.15) is 52.7 Å². The van der Waals surface area contributed by atoms with Gasteiger partial charge in [0.05, 0.1) is 7.11 Å². The van der Waals surface area contributed by atoms with Gasteiger partial charge in [0.25, 0.3) is 0 Å². The highest BCUT2D eigenvalue weighted by Crippen LogP contribution is 2.18. The molecule has 0 saturated carbocycles. The normalized spacial score (nSPS) is 12.9. The van der Waals surface area contributed by atoms with Crippen molar-refractivity contribution in [1.29, 1.82) is 0 Å². The Morgan fingerprint density at radius 1 is 0.963 bits per heavy atom. The van der Waals surface area contributed by atoms with Gasteiger partial charge in [-0.1, -0.05) is 45.0 Å². The van der Waals surface area contributed by atoms with Crippen LogP contribution in [0.4, 0.5) is 4.79 Å². The highest BCUT2D eigenvalue weighted by Gasteiger charge is 2.25. The van der Waals surface area contributed by atoms with Crippen molar-refractivity contribution in [1.82, 2.24) is 5.32 Å². The first kappa shape index (κ1) is 22.7. The molecule has 1 aromatic rings. The molecule has 1 atom stereocenters. The number of amides is 1. The van der Waals surface area contributed by atoms with E-state index in [-0.39, 0.29) is 17.6 Å². The summed E-state index contributed by atoms with van der Waals surface area (Å²) >= 11 is 0. The second kappa shape index (κ2) is 9.02. The number of hydrogen-bond acceptors (Lipinski definition) is 5. The van der Waals surface area contributed by atoms with Gasteiger partial charge in [0.1, 0.15) is 17.4 Å². The van der Waals surface area contributed by atoms with Crippen molar-refractivity contribution < 1.29 is 23.9 Å². The summed E-state index contributed by atoms with van der Waals surface area (Å²) in [6.45, 7) is 10.9. The van der Waals surface area contributed by atoms with E-state index in [0.717, 1.165) is 11.1 Å². The summed E-state index contributed by atoms with van der Waals surface area (Å²) < 4.78 is 9.98. The second-order valence-electron chi connectivity index (χ2n) is 8.59. The summed E-state index contributed by atoms with van der Waals surface area (Å²) in [4.78, 5) is 36.1. The Balaban J connectivity index is 2.80. The quantitative estimate of drug-likeness (QED) is 0.768. The second-order valence-corrected chi connectivity index (χ2v) is 8.59. The number of methoxy groups -OCH3 is 1. The predicted octanol–water partition coefficient (Wildman–Crippen LogP) is 3.45. The molecule has 0 spiro atoms. The third-order valence-corrected chi connectivity index (χ3v) is 3.84. The summed E-state index contributed by atoms with van der Waals surface area (Å²) in [5.41, 5.74) is 0.708. The zero-order valence-electron chi connectivity index (χ0n) is 17.3. The molecule has 1 rings (SSSR count). The molecule has 1 amide bonds. The number of ether oxygens (including phenoxy) is 2. The Bertz CT molecular complexity index is 665. The van der Waals surface area contributed by atoms with Crippen molar-refractivity contribution in [2.45, 2.75) is 66.0 Å². The van der Waals surface area contributed by atoms with Gasteiger partial charge in [0.2, 0.25) is 0 Å². The van der Waals surface area contributed by atoms with E-state index in [0.29, 0.717) is 6.42 Å². The van der Waals surface area contributed by atoms with Crippen LogP contribution in [0, 0.1) is 5.41 Å². The number of Topliss-reactive ketones (excluding diaryl/α,β-unsaturated/α-hetero) is 1. The molecule has 0 fully saturated rings. The number of carbonyl (C=O) groups excluding carboxylic acids is 3. The minimum Gasteiger partial charge on any atom is -0.467 e. The Labute approximate surface area is 161 Å². The van der Waals surface area contributed by atoms with Gasteiger partial charge in [-0.25, -0.2) is 9.59 Å². The van der Waals surface area contributed by atoms with E-state index >= 15 is 0 Å². The summed E-state index contributed by atoms with van der Waals surface area (Å²) in [6, 6.07) is 6.56. The van der Waals surface area contributed by atoms with E-state index in [4.69, 9.17) is 9.47 Å². The molecule has 0 radical (unpaired) electrons. The predicted molar refractivity (Wildman–Crippen MR) is 103 cm³/mol. The number of nitrogens with one attached hydrogen (secondary N) is 1. The van der Waals surface area contributed by atoms with E-state index in [9.17, 15) is 14.4 Å². The fraction of sp³-hybridized carbons (Fsp3) is 0.571. The maximum atomic E-state index is 12.1. The molecule has 0 unspecified atom stereocenters. The number of benzene rings is 1. The minimum atomic E-state index is -0.855. The number of esters is 1. The highest BCUT2D eigenvalue weighted by atomic mass is 16.6. The Morgan fingerprint density at radius 2 is 1.48 bits per heavy atom. The van der Waals surface area contributed by atoms with Crippen LogP contribution in [0.15, 0.2) is 24.3 Å². The largest absolute Gasteiger partial charge is 0.467 e. The van der Waals surface area contributed by atoms with Crippen LogP contribution in [-0.2, 0) is 31.9 Å². The molecule has 1 aromatic carbocycles. The molecule has 0 saturated heterocycles. The van der Waals surface area contributed by atoms with Gasteiger partial charge in [-0.2, -0.15) is 0 Å². The number of hydrogen-bond donors (Lipinski definition) is 1. The Hall–Kier alpha value is -2.37. The summed E-state index contributed by atoms with van der Waals surface area (Å²) in [5, 5.41) is 2.55. The van der Waals surface area contributed by atoms with Gasteiger partial charge in [-0.05, 0) is 31.9 Å². The highest BCUT2D eigenvalue weighted by molar-refractivity contribution is 5.85. The summed E-state index contributed by atoms with van der Waals surface area (Å²) in [5.74, 6) is -0.387. The lowest BCUT2D eigenvalue weighted by atomic mass is 9.87. The Kier molecular flexibility index (Phi) is 7.57. The molecular formula is C21H31NO5. The first-order chi connectivity index (χ1) is 12.3. The van der Waals surface area contributed by atoms with Crippen molar-refractivity contribution in [2.24, 2.45) is 5.41 Å². The van der Waals surface area contributed by atoms with Gasteiger partial charge >= 0.3 is 12.1 Å². The minimum absolute atomic E-state index is 0.161. The standard InChI is InChI=1S/C21H31NO5/c1-20(2,3)17(23)13-15-10-8-14(9-11-15)12-16(18(24)26-7)22-19(25)27-21(4,5)6/h8-11,16H,12-13H2,1-7H3,(H,22,25)/t16-/m0/s1. The van der Waals surface area contributed by atoms with Crippen molar-refractivity contribution in [3.05, 3.63) is 35.4 Å². The molecular weight excluding hydrogens is 346 g/mol. The van der Waals surface area contributed by atoms with Crippen molar-refractivity contribution in [2.75, 3.05) is 7.11 Å². The smallest absolute Gasteiger partial charge is 0.408 e. The van der Waals surface area contributed by atoms with Crippen molar-refractivity contribution in [3.63, 3.8) is 0 Å². The van der Waals surface area contributed by atoms with Crippen LogP contribution in [0.5, 0.6) is 0 Å². The van der Waals surface area contributed by atoms with E-state index < -0.39 is 23.7 Å². The first-order valence-corrected chi connectivity index (χ1v) is 9.00. The van der Waals surface area contributed by atoms with Crippen LogP contribution in [0.2, 0.25) is 0 Å². The third kappa shape index (κ3) is 8.24. The molecule has 0 heterocycles. The topological polar surface area (TPSA) is 81.7 Å². The summed E-state index contributed by atoms with van der Waals surface area (Å²) in [7, 11) is 1.27. The molecule has 0 aliphatic carbocycles. The van der Waals surface area contributed by atoms with Crippen LogP contribution < -0.4 is 5.32 Å². The molecule has 6 nitrogen and oxygen atoms in total. The van der Waals surface area contributed by atoms with Crippen LogP contribution in [0.25, 0.3) is 0 Å². The lowest BCUT2D eigenvalue weighted by Gasteiger charge is -2.22. The number of carbonyl (C=O) groups is 3. The first-order valence-electron chi connectivity index (χ1n) is 9.00. The van der Waals surface area contributed by atoms with E-state index in [1.807, 2.05) is 45.0 Å². The van der Waals surface area contributed by atoms with E-state index in [1.54, 1.807) is 20.8 Å². The van der Waals surface area contributed by atoms with Gasteiger partial charge in [-0.15, -0.1) is 0 Å². The zero-order chi connectivity index (χ0) is 20.8. The maximum Gasteiger partial charge on any atom is 0.408 e. The molecule has 6 heteroatoms. The van der Waals surface area contributed by atoms with E-state index in [2.05, 4.69) is 5.32 Å². The average Bonchev–Trinajstić information content (AvgIpc) is 2.52. The fourth-order valence-corrected chi connectivity index (χ4v) is 2.26. The van der Waals surface area contributed by atoms with Crippen LogP contribution >= 0.6 is 0 Å². The van der Waals surface area contributed by atoms with E-state index in [1.165, 1.54) is 7.11 Å². The van der Waals surface area contributed by atoms with Crippen molar-refractivity contribution >= 4 is 17.8 Å². The van der Waals surface area contributed by atoms with Gasteiger partial charge in [-0.3, -0.25) is 4.79 Å². The van der Waals surface area contributed by atoms with Crippen LogP contribution in [-0.4, -0.2) is 36.6 Å². The third-order valence-electron chi connectivity index (χ3n) is 3.84.